The summed E-state index contributed by atoms with van der Waals surface area (Å²) in [6.07, 6.45) is 0.116. The molecule has 6 heteroatoms. The van der Waals surface area contributed by atoms with E-state index >= 15 is 0 Å². The zero-order valence-electron chi connectivity index (χ0n) is 17.4. The maximum atomic E-state index is 13.2. The fourth-order valence-electron chi connectivity index (χ4n) is 3.48. The van der Waals surface area contributed by atoms with Crippen LogP contribution in [0.1, 0.15) is 23.1 Å². The summed E-state index contributed by atoms with van der Waals surface area (Å²) < 4.78 is 0. The first kappa shape index (κ1) is 20.8. The Balaban J connectivity index is 1.61. The van der Waals surface area contributed by atoms with Crippen LogP contribution in [0.3, 0.4) is 0 Å². The molecule has 1 aliphatic rings. The Labute approximate surface area is 186 Å². The fraction of sp³-hybridized carbons (Fsp3) is 0.160. The van der Waals surface area contributed by atoms with Gasteiger partial charge in [0.2, 0.25) is 11.8 Å². The van der Waals surface area contributed by atoms with Crippen LogP contribution in [0.2, 0.25) is 5.02 Å². The maximum Gasteiger partial charge on any atom is 0.244 e. The summed E-state index contributed by atoms with van der Waals surface area (Å²) in [6.45, 7) is 3.99. The highest BCUT2D eigenvalue weighted by Gasteiger charge is 2.26. The minimum absolute atomic E-state index is 0.103. The molecule has 1 aliphatic heterocycles. The first-order valence-electron chi connectivity index (χ1n) is 10.0. The molecule has 1 N–H and O–H groups in total. The molecule has 3 aromatic carbocycles. The summed E-state index contributed by atoms with van der Waals surface area (Å²) >= 11 is 5.90. The minimum atomic E-state index is -0.292. The molecule has 0 bridgehead atoms. The van der Waals surface area contributed by atoms with Crippen LogP contribution in [0.25, 0.3) is 0 Å². The van der Waals surface area contributed by atoms with Gasteiger partial charge in [-0.2, -0.15) is 0 Å². The van der Waals surface area contributed by atoms with Gasteiger partial charge in [0, 0.05) is 10.7 Å². The lowest BCUT2D eigenvalue weighted by atomic mass is 10.0. The predicted molar refractivity (Wildman–Crippen MR) is 126 cm³/mol. The predicted octanol–water partition coefficient (Wildman–Crippen LogP) is 5.45. The molecular formula is C25H22ClN3O2. The van der Waals surface area contributed by atoms with E-state index in [4.69, 9.17) is 16.6 Å². The van der Waals surface area contributed by atoms with Gasteiger partial charge in [-0.25, -0.2) is 0 Å². The van der Waals surface area contributed by atoms with Crippen LogP contribution < -0.4 is 10.2 Å². The summed E-state index contributed by atoms with van der Waals surface area (Å²) in [7, 11) is 0. The lowest BCUT2D eigenvalue weighted by molar-refractivity contribution is -0.120. The van der Waals surface area contributed by atoms with Crippen molar-refractivity contribution in [1.29, 1.82) is 0 Å². The van der Waals surface area contributed by atoms with Crippen LogP contribution >= 0.6 is 11.6 Å². The normalized spacial score (nSPS) is 13.3. The number of hydrogen-bond donors (Lipinski definition) is 1. The van der Waals surface area contributed by atoms with E-state index in [1.807, 2.05) is 49.4 Å². The molecule has 0 fully saturated rings. The van der Waals surface area contributed by atoms with E-state index in [0.717, 1.165) is 11.1 Å². The number of halogens is 1. The molecule has 0 aromatic heterocycles. The number of benzene rings is 3. The Kier molecular flexibility index (Phi) is 5.87. The Morgan fingerprint density at radius 3 is 2.52 bits per heavy atom. The molecule has 0 saturated carbocycles. The molecule has 0 unspecified atom stereocenters. The van der Waals surface area contributed by atoms with Gasteiger partial charge in [0.1, 0.15) is 6.54 Å². The van der Waals surface area contributed by atoms with E-state index in [9.17, 15) is 9.59 Å². The van der Waals surface area contributed by atoms with Crippen molar-refractivity contribution in [3.63, 3.8) is 0 Å². The number of aryl methyl sites for hydroxylation is 2. The van der Waals surface area contributed by atoms with Gasteiger partial charge in [-0.1, -0.05) is 35.9 Å². The average molecular weight is 432 g/mol. The Morgan fingerprint density at radius 1 is 1.03 bits per heavy atom. The maximum absolute atomic E-state index is 13.2. The molecule has 156 valence electrons. The van der Waals surface area contributed by atoms with Crippen LogP contribution in [0.4, 0.5) is 17.1 Å². The van der Waals surface area contributed by atoms with Gasteiger partial charge in [0.05, 0.1) is 23.5 Å². The standard InChI is InChI=1S/C25H22ClN3O2/c1-16-7-8-18(13-17(16)2)22-14-25(31)29(23-6-4-3-5-21(23)28-22)15-24(30)27-20-11-9-19(26)10-12-20/h3-13H,14-15H2,1-2H3,(H,27,30). The van der Waals surface area contributed by atoms with Gasteiger partial charge >= 0.3 is 0 Å². The second kappa shape index (κ2) is 8.74. The summed E-state index contributed by atoms with van der Waals surface area (Å²) in [5.41, 5.74) is 5.85. The molecule has 0 aliphatic carbocycles. The molecule has 3 aromatic rings. The number of aliphatic imine (C=N–C) groups is 1. The number of anilines is 2. The summed E-state index contributed by atoms with van der Waals surface area (Å²) in [4.78, 5) is 32.2. The Morgan fingerprint density at radius 2 is 1.77 bits per heavy atom. The SMILES string of the molecule is Cc1ccc(C2=Nc3ccccc3N(CC(=O)Nc3ccc(Cl)cc3)C(=O)C2)cc1C. The molecule has 2 amide bonds. The third-order valence-corrected chi connectivity index (χ3v) is 5.57. The minimum Gasteiger partial charge on any atom is -0.325 e. The van der Waals surface area contributed by atoms with E-state index < -0.39 is 0 Å². The molecule has 5 nitrogen and oxygen atoms in total. The van der Waals surface area contributed by atoms with Crippen molar-refractivity contribution < 1.29 is 9.59 Å². The van der Waals surface area contributed by atoms with Gasteiger partial charge < -0.3 is 10.2 Å². The van der Waals surface area contributed by atoms with Crippen LogP contribution in [0.15, 0.2) is 71.7 Å². The average Bonchev–Trinajstić information content (AvgIpc) is 2.88. The second-order valence-corrected chi connectivity index (χ2v) is 7.99. The third kappa shape index (κ3) is 4.67. The number of carbonyl (C=O) groups is 2. The number of rotatable bonds is 4. The van der Waals surface area contributed by atoms with Gasteiger partial charge in [0.25, 0.3) is 0 Å². The van der Waals surface area contributed by atoms with Gasteiger partial charge in [-0.3, -0.25) is 14.6 Å². The van der Waals surface area contributed by atoms with Crippen LogP contribution in [-0.4, -0.2) is 24.1 Å². The number of nitrogens with zero attached hydrogens (tertiary/aromatic N) is 2. The lowest BCUT2D eigenvalue weighted by Crippen LogP contribution is -2.38. The molecule has 31 heavy (non-hydrogen) atoms. The molecular weight excluding hydrogens is 410 g/mol. The van der Waals surface area contributed by atoms with Gasteiger partial charge in [-0.15, -0.1) is 0 Å². The number of fused-ring (bicyclic) bond motifs is 1. The number of carbonyl (C=O) groups excluding carboxylic acids is 2. The molecule has 1 heterocycles. The quantitative estimate of drug-likeness (QED) is 0.596. The van der Waals surface area contributed by atoms with E-state index in [0.29, 0.717) is 27.8 Å². The monoisotopic (exact) mass is 431 g/mol. The van der Waals surface area contributed by atoms with Crippen LogP contribution in [-0.2, 0) is 9.59 Å². The van der Waals surface area contributed by atoms with Crippen molar-refractivity contribution in [3.05, 3.63) is 88.4 Å². The molecule has 0 atom stereocenters. The Hall–Kier alpha value is -3.44. The van der Waals surface area contributed by atoms with Crippen LogP contribution in [0.5, 0.6) is 0 Å². The third-order valence-electron chi connectivity index (χ3n) is 5.32. The van der Waals surface area contributed by atoms with Crippen molar-refractivity contribution in [2.24, 2.45) is 4.99 Å². The number of para-hydroxylation sites is 2. The second-order valence-electron chi connectivity index (χ2n) is 7.56. The molecule has 0 radical (unpaired) electrons. The first-order valence-corrected chi connectivity index (χ1v) is 10.4. The zero-order chi connectivity index (χ0) is 22.0. The first-order chi connectivity index (χ1) is 14.9. The van der Waals surface area contributed by atoms with Crippen molar-refractivity contribution in [2.45, 2.75) is 20.3 Å². The number of nitrogens with one attached hydrogen (secondary N) is 1. The summed E-state index contributed by atoms with van der Waals surface area (Å²) in [5, 5.41) is 3.40. The van der Waals surface area contributed by atoms with Crippen molar-refractivity contribution in [3.8, 4) is 0 Å². The fourth-order valence-corrected chi connectivity index (χ4v) is 3.61. The Bertz CT molecular complexity index is 1190. The van der Waals surface area contributed by atoms with Gasteiger partial charge in [0.15, 0.2) is 0 Å². The topological polar surface area (TPSA) is 61.8 Å². The molecule has 4 rings (SSSR count). The smallest absolute Gasteiger partial charge is 0.244 e. The largest absolute Gasteiger partial charge is 0.325 e. The highest BCUT2D eigenvalue weighted by molar-refractivity contribution is 6.30. The van der Waals surface area contributed by atoms with E-state index in [2.05, 4.69) is 12.2 Å². The van der Waals surface area contributed by atoms with Crippen molar-refractivity contribution in [2.75, 3.05) is 16.8 Å². The van der Waals surface area contributed by atoms with Crippen molar-refractivity contribution in [1.82, 2.24) is 0 Å². The van der Waals surface area contributed by atoms with E-state index in [1.165, 1.54) is 10.5 Å². The lowest BCUT2D eigenvalue weighted by Gasteiger charge is -2.22. The zero-order valence-corrected chi connectivity index (χ0v) is 18.1. The highest BCUT2D eigenvalue weighted by Crippen LogP contribution is 2.33. The van der Waals surface area contributed by atoms with E-state index in [-0.39, 0.29) is 24.8 Å². The summed E-state index contributed by atoms with van der Waals surface area (Å²) in [5.74, 6) is -0.465. The highest BCUT2D eigenvalue weighted by atomic mass is 35.5. The van der Waals surface area contributed by atoms with Crippen molar-refractivity contribution >= 4 is 46.2 Å². The van der Waals surface area contributed by atoms with E-state index in [1.54, 1.807) is 24.3 Å². The molecule has 0 saturated heterocycles. The van der Waals surface area contributed by atoms with Crippen LogP contribution in [0, 0.1) is 13.8 Å². The number of hydrogen-bond acceptors (Lipinski definition) is 3. The summed E-state index contributed by atoms with van der Waals surface area (Å²) in [6, 6.07) is 20.3. The number of amides is 2. The molecule has 0 spiro atoms. The van der Waals surface area contributed by atoms with Gasteiger partial charge in [-0.05, 0) is 73.0 Å².